The van der Waals surface area contributed by atoms with Crippen LogP contribution in [-0.4, -0.2) is 102 Å². The summed E-state index contributed by atoms with van der Waals surface area (Å²) in [6.07, 6.45) is 8.11. The van der Waals surface area contributed by atoms with E-state index in [9.17, 15) is 23.6 Å². The molecule has 1 saturated carbocycles. The highest BCUT2D eigenvalue weighted by Crippen LogP contribution is 2.31. The minimum atomic E-state index is -0.563. The van der Waals surface area contributed by atoms with Gasteiger partial charge >= 0.3 is 6.09 Å². The molecule has 4 aliphatic heterocycles. The van der Waals surface area contributed by atoms with Crippen LogP contribution >= 0.6 is 0 Å². The van der Waals surface area contributed by atoms with E-state index in [1.165, 1.54) is 11.0 Å². The molecule has 0 spiro atoms. The van der Waals surface area contributed by atoms with E-state index in [1.54, 1.807) is 36.4 Å². The first-order chi connectivity index (χ1) is 27.7. The molecule has 8 rings (SSSR count). The molecule has 0 bridgehead atoms. The van der Waals surface area contributed by atoms with Crippen molar-refractivity contribution in [2.24, 2.45) is 5.92 Å². The van der Waals surface area contributed by atoms with Gasteiger partial charge in [-0.15, -0.1) is 0 Å². The van der Waals surface area contributed by atoms with Crippen molar-refractivity contribution < 1.29 is 32.7 Å². The topological polar surface area (TPSA) is 161 Å². The number of amides is 4. The zero-order valence-electron chi connectivity index (χ0n) is 31.9. The third kappa shape index (κ3) is 8.95. The molecule has 5 heterocycles. The summed E-state index contributed by atoms with van der Waals surface area (Å²) in [5, 5.41) is 12.0. The summed E-state index contributed by atoms with van der Waals surface area (Å²) >= 11 is 0. The molecule has 14 nitrogen and oxygen atoms in total. The normalized spacial score (nSPS) is 23.9. The number of hydrogen-bond acceptors (Lipinski definition) is 11. The average molecular weight is 786 g/mol. The largest absolute Gasteiger partial charge is 0.447 e. The summed E-state index contributed by atoms with van der Waals surface area (Å²) in [5.74, 6) is -1.12. The predicted molar refractivity (Wildman–Crippen MR) is 210 cm³/mol. The first-order valence-electron chi connectivity index (χ1n) is 20.2. The number of rotatable bonds is 10. The number of likely N-dealkylation sites (tertiary alicyclic amines) is 1. The fourth-order valence-corrected chi connectivity index (χ4v) is 8.86. The summed E-state index contributed by atoms with van der Waals surface area (Å²) in [6.45, 7) is 3.95. The van der Waals surface area contributed by atoms with Crippen molar-refractivity contribution in [3.05, 3.63) is 60.3 Å². The van der Waals surface area contributed by atoms with Crippen LogP contribution in [0.15, 0.2) is 48.7 Å². The van der Waals surface area contributed by atoms with Crippen LogP contribution in [0.25, 0.3) is 11.3 Å². The Morgan fingerprint density at radius 2 is 1.60 bits per heavy atom. The standard InChI is InChI=1S/C41H49F2N9O5/c42-32-23-29(45-34-9-11-36(53)48-39(34)55)8-10-35(32)51-18-14-30(15-19-51)50-16-12-25(13-17-50)38(54)46-27-4-6-28(7-5-27)47-40-44-24-33(43)37(49-40)26-2-1-3-31(22-26)52-20-21-57-41(52)56/h1-3,8,10,22-25,27-28,30,34,45H,4-7,9,11-21H2,(H,46,54)(H,44,47,49)(H,48,53,55)/t27-,28-,34?. The maximum absolute atomic E-state index is 15.2. The van der Waals surface area contributed by atoms with Crippen molar-refractivity contribution in [1.29, 1.82) is 0 Å². The number of imide groups is 1. The molecule has 4 amide bonds. The molecule has 1 atom stereocenters. The highest BCUT2D eigenvalue weighted by atomic mass is 19.1. The van der Waals surface area contributed by atoms with E-state index in [1.807, 2.05) is 0 Å². The van der Waals surface area contributed by atoms with Gasteiger partial charge in [0.05, 0.1) is 18.4 Å². The number of benzene rings is 2. The molecular formula is C41H49F2N9O5. The number of halogens is 2. The second kappa shape index (κ2) is 17.0. The number of piperidine rings is 3. The maximum Gasteiger partial charge on any atom is 0.414 e. The van der Waals surface area contributed by atoms with Crippen molar-refractivity contribution in [3.63, 3.8) is 0 Å². The number of aromatic nitrogens is 2. The molecule has 2 aromatic carbocycles. The van der Waals surface area contributed by atoms with Gasteiger partial charge in [-0.2, -0.15) is 0 Å². The van der Waals surface area contributed by atoms with Crippen LogP contribution < -0.4 is 31.1 Å². The first kappa shape index (κ1) is 38.5. The van der Waals surface area contributed by atoms with Crippen LogP contribution in [0.1, 0.15) is 64.2 Å². The second-order valence-electron chi connectivity index (χ2n) is 15.8. The van der Waals surface area contributed by atoms with Gasteiger partial charge in [0.1, 0.15) is 24.2 Å². The third-order valence-electron chi connectivity index (χ3n) is 12.1. The number of nitrogens with zero attached hydrogens (tertiary/aromatic N) is 5. The molecular weight excluding hydrogens is 737 g/mol. The molecule has 1 aliphatic carbocycles. The molecule has 4 N–H and O–H groups in total. The molecule has 1 aromatic heterocycles. The number of cyclic esters (lactones) is 1. The highest BCUT2D eigenvalue weighted by Gasteiger charge is 2.33. The Morgan fingerprint density at radius 3 is 2.32 bits per heavy atom. The van der Waals surface area contributed by atoms with Crippen LogP contribution in [0.4, 0.5) is 36.6 Å². The van der Waals surface area contributed by atoms with Crippen LogP contribution in [-0.2, 0) is 19.1 Å². The number of hydrogen-bond donors (Lipinski definition) is 4. The van der Waals surface area contributed by atoms with E-state index >= 15 is 4.39 Å². The summed E-state index contributed by atoms with van der Waals surface area (Å²) in [7, 11) is 0. The number of anilines is 4. The Bertz CT molecular complexity index is 1980. The van der Waals surface area contributed by atoms with Gasteiger partial charge in [0, 0.05) is 60.5 Å². The molecule has 5 aliphatic rings. The lowest BCUT2D eigenvalue weighted by atomic mass is 9.89. The molecule has 1 unspecified atom stereocenters. The van der Waals surface area contributed by atoms with E-state index in [4.69, 9.17) is 4.74 Å². The van der Waals surface area contributed by atoms with Gasteiger partial charge < -0.3 is 30.5 Å². The Balaban J connectivity index is 0.753. The molecule has 0 radical (unpaired) electrons. The lowest BCUT2D eigenvalue weighted by molar-refractivity contribution is -0.133. The van der Waals surface area contributed by atoms with Crippen molar-refractivity contribution in [1.82, 2.24) is 25.5 Å². The van der Waals surface area contributed by atoms with E-state index in [0.29, 0.717) is 54.2 Å². The van der Waals surface area contributed by atoms with Gasteiger partial charge in [-0.1, -0.05) is 12.1 Å². The van der Waals surface area contributed by atoms with E-state index in [0.717, 1.165) is 83.7 Å². The predicted octanol–water partition coefficient (Wildman–Crippen LogP) is 4.82. The third-order valence-corrected chi connectivity index (χ3v) is 12.1. The maximum atomic E-state index is 15.2. The van der Waals surface area contributed by atoms with Crippen LogP contribution in [0.2, 0.25) is 0 Å². The number of carbonyl (C=O) groups excluding carboxylic acids is 4. The van der Waals surface area contributed by atoms with Gasteiger partial charge in [0.25, 0.3) is 0 Å². The fourth-order valence-electron chi connectivity index (χ4n) is 8.86. The second-order valence-corrected chi connectivity index (χ2v) is 15.8. The van der Waals surface area contributed by atoms with Crippen LogP contribution in [0.5, 0.6) is 0 Å². The van der Waals surface area contributed by atoms with Crippen molar-refractivity contribution in [2.45, 2.75) is 88.4 Å². The van der Waals surface area contributed by atoms with Gasteiger partial charge in [-0.3, -0.25) is 24.6 Å². The molecule has 4 saturated heterocycles. The highest BCUT2D eigenvalue weighted by molar-refractivity contribution is 6.01. The molecule has 57 heavy (non-hydrogen) atoms. The summed E-state index contributed by atoms with van der Waals surface area (Å²) in [6, 6.07) is 12.0. The number of nitrogens with one attached hydrogen (secondary N) is 4. The Hall–Kier alpha value is -5.38. The Kier molecular flexibility index (Phi) is 11.5. The zero-order chi connectivity index (χ0) is 39.5. The monoisotopic (exact) mass is 785 g/mol. The van der Waals surface area contributed by atoms with Gasteiger partial charge in [-0.25, -0.2) is 23.5 Å². The van der Waals surface area contributed by atoms with E-state index < -0.39 is 18.0 Å². The summed E-state index contributed by atoms with van der Waals surface area (Å²) in [5.41, 5.74) is 2.37. The minimum absolute atomic E-state index is 0.0146. The quantitative estimate of drug-likeness (QED) is 0.209. The van der Waals surface area contributed by atoms with Crippen LogP contribution in [0, 0.1) is 17.6 Å². The molecule has 302 valence electrons. The van der Waals surface area contributed by atoms with Crippen molar-refractivity contribution >= 4 is 46.8 Å². The SMILES string of the molecule is O=C1CCC(Nc2ccc(N3CCC(N4CCC(C(=O)N[C@H]5CC[C@H](Nc6ncc(F)c(-c7cccc(N8CCOC8=O)c7)n6)CC5)CC4)CC3)c(F)c2)C(=O)N1. The lowest BCUT2D eigenvalue weighted by Gasteiger charge is -2.42. The molecule has 5 fully saturated rings. The van der Waals surface area contributed by atoms with Gasteiger partial charge in [-0.05, 0) is 101 Å². The zero-order valence-corrected chi connectivity index (χ0v) is 31.9. The lowest BCUT2D eigenvalue weighted by Crippen LogP contribution is -2.50. The van der Waals surface area contributed by atoms with Gasteiger partial charge in [0.2, 0.25) is 23.7 Å². The van der Waals surface area contributed by atoms with Crippen molar-refractivity contribution in [3.8, 4) is 11.3 Å². The minimum Gasteiger partial charge on any atom is -0.447 e. The number of carbonyl (C=O) groups is 4. The number of ether oxygens (including phenoxy) is 1. The Morgan fingerprint density at radius 1 is 0.825 bits per heavy atom. The van der Waals surface area contributed by atoms with Crippen LogP contribution in [0.3, 0.4) is 0 Å². The van der Waals surface area contributed by atoms with Gasteiger partial charge in [0.15, 0.2) is 5.82 Å². The first-order valence-corrected chi connectivity index (χ1v) is 20.2. The summed E-state index contributed by atoms with van der Waals surface area (Å²) in [4.78, 5) is 63.7. The van der Waals surface area contributed by atoms with E-state index in [2.05, 4.69) is 41.0 Å². The van der Waals surface area contributed by atoms with E-state index in [-0.39, 0.29) is 53.7 Å². The van der Waals surface area contributed by atoms with Crippen molar-refractivity contribution in [2.75, 3.05) is 59.8 Å². The smallest absolute Gasteiger partial charge is 0.414 e. The molecule has 3 aromatic rings. The molecule has 16 heteroatoms. The Labute approximate surface area is 330 Å². The fraction of sp³-hybridized carbons (Fsp3) is 0.512. The summed E-state index contributed by atoms with van der Waals surface area (Å²) < 4.78 is 35.2. The average Bonchev–Trinajstić information content (AvgIpc) is 3.66.